The van der Waals surface area contributed by atoms with Crippen molar-refractivity contribution in [1.29, 1.82) is 0 Å². The third-order valence-corrected chi connectivity index (χ3v) is 2.97. The minimum absolute atomic E-state index is 0.0397. The fourth-order valence-electron chi connectivity index (χ4n) is 2.21. The first-order valence-corrected chi connectivity index (χ1v) is 6.19. The van der Waals surface area contributed by atoms with E-state index < -0.39 is 0 Å². The van der Waals surface area contributed by atoms with Crippen molar-refractivity contribution in [2.75, 3.05) is 19.7 Å². The molecular weight excluding hydrogens is 216 g/mol. The molecule has 1 aromatic heterocycles. The van der Waals surface area contributed by atoms with Gasteiger partial charge >= 0.3 is 0 Å². The molecule has 1 heterocycles. The first-order valence-electron chi connectivity index (χ1n) is 6.19. The van der Waals surface area contributed by atoms with Gasteiger partial charge in [0.05, 0.1) is 12.2 Å². The van der Waals surface area contributed by atoms with Crippen LogP contribution in [0.3, 0.4) is 0 Å². The average Bonchev–Trinajstić information content (AvgIpc) is 2.69. The van der Waals surface area contributed by atoms with Crippen LogP contribution in [0.25, 0.3) is 0 Å². The lowest BCUT2D eigenvalue weighted by Crippen LogP contribution is -2.40. The van der Waals surface area contributed by atoms with E-state index in [1.807, 2.05) is 26.4 Å². The molecule has 0 radical (unpaired) electrons. The molecule has 0 aliphatic rings. The summed E-state index contributed by atoms with van der Waals surface area (Å²) in [5.41, 5.74) is 7.23. The highest BCUT2D eigenvalue weighted by Crippen LogP contribution is 2.22. The minimum atomic E-state index is 0.0397. The van der Waals surface area contributed by atoms with Crippen LogP contribution in [-0.4, -0.2) is 45.5 Å². The number of likely N-dealkylation sites (N-methyl/N-ethyl adjacent to an activating group) is 1. The van der Waals surface area contributed by atoms with E-state index in [0.29, 0.717) is 0 Å². The molecule has 2 unspecified atom stereocenters. The van der Waals surface area contributed by atoms with Crippen LogP contribution >= 0.6 is 0 Å². The Balaban J connectivity index is 2.83. The van der Waals surface area contributed by atoms with E-state index in [-0.39, 0.29) is 18.7 Å². The zero-order valence-electron chi connectivity index (χ0n) is 11.0. The average molecular weight is 240 g/mol. The number of rotatable bonds is 7. The van der Waals surface area contributed by atoms with E-state index in [9.17, 15) is 0 Å². The van der Waals surface area contributed by atoms with E-state index in [0.717, 1.165) is 25.1 Å². The molecule has 0 saturated carbocycles. The molecule has 0 fully saturated rings. The molecule has 0 aliphatic heterocycles. The molecule has 3 N–H and O–H groups in total. The molecule has 1 aromatic rings. The van der Waals surface area contributed by atoms with Crippen molar-refractivity contribution in [2.45, 2.75) is 32.4 Å². The lowest BCUT2D eigenvalue weighted by molar-refractivity contribution is 0.165. The fraction of sp³-hybridized carbons (Fsp3) is 0.750. The second-order valence-electron chi connectivity index (χ2n) is 4.46. The zero-order chi connectivity index (χ0) is 12.8. The van der Waals surface area contributed by atoms with Crippen molar-refractivity contribution in [3.8, 4) is 0 Å². The van der Waals surface area contributed by atoms with Crippen molar-refractivity contribution in [1.82, 2.24) is 14.7 Å². The van der Waals surface area contributed by atoms with Gasteiger partial charge in [0.15, 0.2) is 0 Å². The Morgan fingerprint density at radius 2 is 2.29 bits per heavy atom. The molecule has 98 valence electrons. The molecule has 5 nitrogen and oxygen atoms in total. The van der Waals surface area contributed by atoms with Gasteiger partial charge in [-0.15, -0.1) is 0 Å². The highest BCUT2D eigenvalue weighted by Gasteiger charge is 2.23. The minimum Gasteiger partial charge on any atom is -0.396 e. The van der Waals surface area contributed by atoms with Crippen LogP contribution in [0, 0.1) is 0 Å². The van der Waals surface area contributed by atoms with Gasteiger partial charge in [0.25, 0.3) is 0 Å². The van der Waals surface area contributed by atoms with Gasteiger partial charge in [-0.3, -0.25) is 9.58 Å². The molecule has 0 spiro atoms. The zero-order valence-corrected chi connectivity index (χ0v) is 11.0. The van der Waals surface area contributed by atoms with Gasteiger partial charge in [-0.05, 0) is 19.9 Å². The largest absolute Gasteiger partial charge is 0.396 e. The maximum atomic E-state index is 8.93. The summed E-state index contributed by atoms with van der Waals surface area (Å²) in [6, 6.07) is 0.207. The topological polar surface area (TPSA) is 67.3 Å². The number of aromatic nitrogens is 2. The summed E-state index contributed by atoms with van der Waals surface area (Å²) in [5, 5.41) is 13.1. The number of aryl methyl sites for hydroxylation is 1. The highest BCUT2D eigenvalue weighted by molar-refractivity contribution is 5.13. The predicted molar refractivity (Wildman–Crippen MR) is 68.5 cm³/mol. The van der Waals surface area contributed by atoms with Crippen LogP contribution in [0.15, 0.2) is 12.4 Å². The Labute approximate surface area is 103 Å². The Morgan fingerprint density at radius 1 is 1.59 bits per heavy atom. The van der Waals surface area contributed by atoms with E-state index in [1.54, 1.807) is 4.68 Å². The van der Waals surface area contributed by atoms with Crippen molar-refractivity contribution in [3.63, 3.8) is 0 Å². The van der Waals surface area contributed by atoms with Gasteiger partial charge in [0, 0.05) is 38.0 Å². The van der Waals surface area contributed by atoms with Crippen LogP contribution in [-0.2, 0) is 7.05 Å². The van der Waals surface area contributed by atoms with Gasteiger partial charge in [0.1, 0.15) is 0 Å². The summed E-state index contributed by atoms with van der Waals surface area (Å²) < 4.78 is 1.80. The number of aliphatic hydroxyl groups is 1. The maximum absolute atomic E-state index is 8.93. The molecule has 0 aliphatic carbocycles. The predicted octanol–water partition coefficient (Wildman–Crippen LogP) is 0.513. The smallest absolute Gasteiger partial charge is 0.0538 e. The van der Waals surface area contributed by atoms with Crippen molar-refractivity contribution < 1.29 is 5.11 Å². The number of nitrogens with zero attached hydrogens (tertiary/aromatic N) is 3. The third kappa shape index (κ3) is 3.80. The van der Waals surface area contributed by atoms with Crippen LogP contribution < -0.4 is 5.73 Å². The third-order valence-electron chi connectivity index (χ3n) is 2.97. The highest BCUT2D eigenvalue weighted by atomic mass is 16.3. The quantitative estimate of drug-likeness (QED) is 0.729. The van der Waals surface area contributed by atoms with Crippen LogP contribution in [0.2, 0.25) is 0 Å². The summed E-state index contributed by atoms with van der Waals surface area (Å²) in [6.07, 6.45) is 4.66. The Hall–Kier alpha value is -0.910. The van der Waals surface area contributed by atoms with Crippen LogP contribution in [0.5, 0.6) is 0 Å². The molecule has 5 heteroatoms. The van der Waals surface area contributed by atoms with Crippen molar-refractivity contribution in [3.05, 3.63) is 18.0 Å². The molecule has 0 bridgehead atoms. The van der Waals surface area contributed by atoms with E-state index in [1.165, 1.54) is 0 Å². The van der Waals surface area contributed by atoms with E-state index >= 15 is 0 Å². The molecule has 2 atom stereocenters. The summed E-state index contributed by atoms with van der Waals surface area (Å²) in [5.74, 6) is 0. The van der Waals surface area contributed by atoms with Crippen molar-refractivity contribution >= 4 is 0 Å². The molecule has 1 rings (SSSR count). The van der Waals surface area contributed by atoms with Crippen molar-refractivity contribution in [2.24, 2.45) is 12.8 Å². The summed E-state index contributed by atoms with van der Waals surface area (Å²) in [7, 11) is 1.91. The summed E-state index contributed by atoms with van der Waals surface area (Å²) in [4.78, 5) is 2.29. The number of nitrogens with two attached hydrogens (primary N) is 1. The Bertz CT molecular complexity index is 324. The monoisotopic (exact) mass is 240 g/mol. The Morgan fingerprint density at radius 3 is 2.71 bits per heavy atom. The summed E-state index contributed by atoms with van der Waals surface area (Å²) >= 11 is 0. The van der Waals surface area contributed by atoms with Crippen LogP contribution in [0.4, 0.5) is 0 Å². The second kappa shape index (κ2) is 6.74. The number of aliphatic hydroxyl groups excluding tert-OH is 1. The first-order chi connectivity index (χ1) is 8.10. The van der Waals surface area contributed by atoms with Gasteiger partial charge in [-0.2, -0.15) is 5.10 Å². The molecule has 0 amide bonds. The summed E-state index contributed by atoms with van der Waals surface area (Å²) in [6.45, 7) is 6.12. The van der Waals surface area contributed by atoms with Gasteiger partial charge in [-0.1, -0.05) is 6.92 Å². The molecule has 17 heavy (non-hydrogen) atoms. The normalized spacial score (nSPS) is 15.2. The fourth-order valence-corrected chi connectivity index (χ4v) is 2.21. The van der Waals surface area contributed by atoms with Gasteiger partial charge < -0.3 is 10.8 Å². The second-order valence-corrected chi connectivity index (χ2v) is 4.46. The van der Waals surface area contributed by atoms with Gasteiger partial charge in [-0.25, -0.2) is 0 Å². The number of hydrogen-bond donors (Lipinski definition) is 2. The van der Waals surface area contributed by atoms with Crippen LogP contribution in [0.1, 0.15) is 31.9 Å². The van der Waals surface area contributed by atoms with E-state index in [2.05, 4.69) is 16.9 Å². The first kappa shape index (κ1) is 14.2. The van der Waals surface area contributed by atoms with Gasteiger partial charge in [0.2, 0.25) is 0 Å². The molecular formula is C12H24N4O. The maximum Gasteiger partial charge on any atom is 0.0538 e. The van der Waals surface area contributed by atoms with E-state index in [4.69, 9.17) is 10.8 Å². The molecule has 0 saturated heterocycles. The molecule has 0 aromatic carbocycles. The lowest BCUT2D eigenvalue weighted by Gasteiger charge is -2.32. The lowest BCUT2D eigenvalue weighted by atomic mass is 10.0. The Kier molecular flexibility index (Phi) is 5.61. The number of hydrogen-bond acceptors (Lipinski definition) is 4. The SMILES string of the molecule is CCN(CCCO)C(c1cnn(C)c1)C(C)N. The standard InChI is InChI=1S/C12H24N4O/c1-4-16(6-5-7-17)12(10(2)13)11-8-14-15(3)9-11/h8-10,12,17H,4-7,13H2,1-3H3.